The van der Waals surface area contributed by atoms with Crippen molar-refractivity contribution in [3.63, 3.8) is 0 Å². The van der Waals surface area contributed by atoms with Gasteiger partial charge in [0.2, 0.25) is 5.88 Å². The van der Waals surface area contributed by atoms with Crippen molar-refractivity contribution in [1.82, 2.24) is 9.97 Å². The van der Waals surface area contributed by atoms with Crippen LogP contribution in [0.4, 0.5) is 5.82 Å². The monoisotopic (exact) mass is 267 g/mol. The number of carboxylic acid groups (broad SMARTS) is 1. The molecule has 2 heterocycles. The molecule has 2 unspecified atom stereocenters. The molecular weight excluding hydrogens is 250 g/mol. The Morgan fingerprint density at radius 1 is 1.53 bits per heavy atom. The highest BCUT2D eigenvalue weighted by atomic mass is 16.5. The van der Waals surface area contributed by atoms with E-state index in [-0.39, 0.29) is 12.6 Å². The highest BCUT2D eigenvalue weighted by Gasteiger charge is 2.37. The van der Waals surface area contributed by atoms with Crippen molar-refractivity contribution in [3.8, 4) is 5.88 Å². The quantitative estimate of drug-likeness (QED) is 0.841. The Morgan fingerprint density at radius 3 is 2.89 bits per heavy atom. The fraction of sp³-hybridized carbons (Fsp3) is 0.583. The molecule has 0 aromatic carbocycles. The van der Waals surface area contributed by atoms with Gasteiger partial charge in [-0.05, 0) is 6.92 Å². The first kappa shape index (κ1) is 13.5. The van der Waals surface area contributed by atoms with E-state index < -0.39 is 11.9 Å². The molecule has 0 radical (unpaired) electrons. The minimum absolute atomic E-state index is 0.228. The van der Waals surface area contributed by atoms with Gasteiger partial charge in [0.05, 0.1) is 31.9 Å². The smallest absolute Gasteiger partial charge is 0.311 e. The van der Waals surface area contributed by atoms with Crippen LogP contribution in [0.5, 0.6) is 5.88 Å². The summed E-state index contributed by atoms with van der Waals surface area (Å²) in [6, 6.07) is -0.240. The van der Waals surface area contributed by atoms with Crippen molar-refractivity contribution in [2.75, 3.05) is 32.3 Å². The molecule has 104 valence electrons. The van der Waals surface area contributed by atoms with Crippen LogP contribution in [-0.2, 0) is 9.53 Å². The van der Waals surface area contributed by atoms with E-state index in [9.17, 15) is 9.90 Å². The van der Waals surface area contributed by atoms with Gasteiger partial charge in [0.25, 0.3) is 0 Å². The molecule has 7 nitrogen and oxygen atoms in total. The minimum Gasteiger partial charge on any atom is -0.481 e. The second kappa shape index (κ2) is 5.40. The zero-order chi connectivity index (χ0) is 14.0. The number of methoxy groups -OCH3 is 1. The number of ether oxygens (including phenoxy) is 2. The number of hydrogen-bond acceptors (Lipinski definition) is 6. The molecule has 1 fully saturated rings. The van der Waals surface area contributed by atoms with Gasteiger partial charge in [0, 0.05) is 7.05 Å². The molecule has 19 heavy (non-hydrogen) atoms. The van der Waals surface area contributed by atoms with Gasteiger partial charge in [0.1, 0.15) is 18.1 Å². The number of aromatic nitrogens is 2. The van der Waals surface area contributed by atoms with Gasteiger partial charge >= 0.3 is 5.97 Å². The fourth-order valence-electron chi connectivity index (χ4n) is 2.30. The lowest BCUT2D eigenvalue weighted by molar-refractivity contribution is -0.141. The third-order valence-electron chi connectivity index (χ3n) is 3.40. The summed E-state index contributed by atoms with van der Waals surface area (Å²) in [5.74, 6) is -0.255. The SMILES string of the molecule is COc1ncnc(N(C)C2COCC2C(=O)O)c1C. The summed E-state index contributed by atoms with van der Waals surface area (Å²) in [5, 5.41) is 9.19. The van der Waals surface area contributed by atoms with E-state index in [2.05, 4.69) is 9.97 Å². The van der Waals surface area contributed by atoms with Crippen LogP contribution in [0.25, 0.3) is 0 Å². The molecule has 1 aromatic heterocycles. The van der Waals surface area contributed by atoms with Gasteiger partial charge in [-0.2, -0.15) is 0 Å². The van der Waals surface area contributed by atoms with Gasteiger partial charge in [-0.1, -0.05) is 0 Å². The lowest BCUT2D eigenvalue weighted by atomic mass is 10.0. The Kier molecular flexibility index (Phi) is 3.84. The average molecular weight is 267 g/mol. The molecule has 1 N–H and O–H groups in total. The molecule has 0 saturated carbocycles. The van der Waals surface area contributed by atoms with Gasteiger partial charge in [-0.3, -0.25) is 4.79 Å². The van der Waals surface area contributed by atoms with Crippen LogP contribution in [0.2, 0.25) is 0 Å². The van der Waals surface area contributed by atoms with E-state index in [1.807, 2.05) is 18.9 Å². The fourth-order valence-corrected chi connectivity index (χ4v) is 2.30. The Morgan fingerprint density at radius 2 is 2.26 bits per heavy atom. The Bertz CT molecular complexity index is 480. The first-order chi connectivity index (χ1) is 9.06. The molecular formula is C12H17N3O4. The van der Waals surface area contributed by atoms with Crippen molar-refractivity contribution in [2.24, 2.45) is 5.92 Å². The lowest BCUT2D eigenvalue weighted by Gasteiger charge is -2.28. The summed E-state index contributed by atoms with van der Waals surface area (Å²) >= 11 is 0. The first-order valence-corrected chi connectivity index (χ1v) is 5.95. The molecule has 7 heteroatoms. The number of carboxylic acids is 1. The second-order valence-electron chi connectivity index (χ2n) is 4.49. The summed E-state index contributed by atoms with van der Waals surface area (Å²) in [7, 11) is 3.35. The van der Waals surface area contributed by atoms with E-state index in [0.717, 1.165) is 5.56 Å². The topological polar surface area (TPSA) is 84.8 Å². The predicted octanol–water partition coefficient (Wildman–Crippen LogP) is 0.329. The van der Waals surface area contributed by atoms with Crippen LogP contribution in [0.15, 0.2) is 6.33 Å². The number of hydrogen-bond donors (Lipinski definition) is 1. The average Bonchev–Trinajstić information content (AvgIpc) is 2.87. The molecule has 0 bridgehead atoms. The second-order valence-corrected chi connectivity index (χ2v) is 4.49. The first-order valence-electron chi connectivity index (χ1n) is 5.95. The zero-order valence-electron chi connectivity index (χ0n) is 11.2. The number of aliphatic carboxylic acids is 1. The van der Waals surface area contributed by atoms with Crippen LogP contribution in [0.3, 0.4) is 0 Å². The maximum absolute atomic E-state index is 11.2. The maximum Gasteiger partial charge on any atom is 0.311 e. The van der Waals surface area contributed by atoms with Crippen LogP contribution < -0.4 is 9.64 Å². The van der Waals surface area contributed by atoms with Crippen LogP contribution in [-0.4, -0.2) is 54.5 Å². The standard InChI is InChI=1S/C12H17N3O4/c1-7-10(13-6-14-11(7)18-3)15(2)9-5-19-4-8(9)12(16)17/h6,8-9H,4-5H2,1-3H3,(H,16,17). The molecule has 1 aromatic rings. The highest BCUT2D eigenvalue weighted by molar-refractivity contribution is 5.72. The van der Waals surface area contributed by atoms with Crippen molar-refractivity contribution < 1.29 is 19.4 Å². The number of nitrogens with zero attached hydrogens (tertiary/aromatic N) is 3. The van der Waals surface area contributed by atoms with E-state index in [4.69, 9.17) is 9.47 Å². The summed E-state index contributed by atoms with van der Waals surface area (Å²) in [6.45, 7) is 2.45. The molecule has 2 atom stereocenters. The van der Waals surface area contributed by atoms with Crippen LogP contribution >= 0.6 is 0 Å². The summed E-state index contributed by atoms with van der Waals surface area (Å²) in [4.78, 5) is 21.2. The van der Waals surface area contributed by atoms with E-state index in [1.54, 1.807) is 0 Å². The number of anilines is 1. The molecule has 2 rings (SSSR count). The largest absolute Gasteiger partial charge is 0.481 e. The van der Waals surface area contributed by atoms with Crippen LogP contribution in [0, 0.1) is 12.8 Å². The van der Waals surface area contributed by atoms with Crippen molar-refractivity contribution >= 4 is 11.8 Å². The summed E-state index contributed by atoms with van der Waals surface area (Å²) < 4.78 is 10.4. The number of carbonyl (C=O) groups is 1. The van der Waals surface area contributed by atoms with Gasteiger partial charge < -0.3 is 19.5 Å². The van der Waals surface area contributed by atoms with E-state index >= 15 is 0 Å². The Balaban J connectivity index is 2.29. The Labute approximate surface area is 111 Å². The van der Waals surface area contributed by atoms with Gasteiger partial charge in [0.15, 0.2) is 0 Å². The Hall–Kier alpha value is -1.89. The third-order valence-corrected chi connectivity index (χ3v) is 3.40. The molecule has 0 aliphatic carbocycles. The number of rotatable bonds is 4. The normalized spacial score (nSPS) is 22.3. The lowest BCUT2D eigenvalue weighted by Crippen LogP contribution is -2.41. The van der Waals surface area contributed by atoms with E-state index in [1.165, 1.54) is 13.4 Å². The summed E-state index contributed by atoms with van der Waals surface area (Å²) in [6.07, 6.45) is 1.41. The van der Waals surface area contributed by atoms with Crippen LogP contribution in [0.1, 0.15) is 5.56 Å². The molecule has 0 amide bonds. The van der Waals surface area contributed by atoms with Crippen molar-refractivity contribution in [1.29, 1.82) is 0 Å². The molecule has 1 aliphatic rings. The zero-order valence-corrected chi connectivity index (χ0v) is 11.2. The molecule has 1 saturated heterocycles. The highest BCUT2D eigenvalue weighted by Crippen LogP contribution is 2.28. The number of likely N-dealkylation sites (N-methyl/N-ethyl adjacent to an activating group) is 1. The minimum atomic E-state index is -0.854. The molecule has 0 spiro atoms. The van der Waals surface area contributed by atoms with Gasteiger partial charge in [-0.15, -0.1) is 0 Å². The van der Waals surface area contributed by atoms with Crippen molar-refractivity contribution in [2.45, 2.75) is 13.0 Å². The summed E-state index contributed by atoms with van der Waals surface area (Å²) in [5.41, 5.74) is 0.781. The molecule has 1 aliphatic heterocycles. The van der Waals surface area contributed by atoms with E-state index in [0.29, 0.717) is 18.3 Å². The van der Waals surface area contributed by atoms with Crippen molar-refractivity contribution in [3.05, 3.63) is 11.9 Å². The maximum atomic E-state index is 11.2. The third kappa shape index (κ3) is 2.46. The van der Waals surface area contributed by atoms with Gasteiger partial charge in [-0.25, -0.2) is 9.97 Å². The predicted molar refractivity (Wildman–Crippen MR) is 67.5 cm³/mol.